The van der Waals surface area contributed by atoms with Crippen molar-refractivity contribution in [1.82, 2.24) is 0 Å². The van der Waals surface area contributed by atoms with Gasteiger partial charge in [-0.25, -0.2) is 0 Å². The summed E-state index contributed by atoms with van der Waals surface area (Å²) in [7, 11) is 0. The molecule has 0 saturated heterocycles. The Bertz CT molecular complexity index is 487. The highest BCUT2D eigenvalue weighted by Crippen LogP contribution is 2.34. The zero-order valence-electron chi connectivity index (χ0n) is 11.4. The topological polar surface area (TPSA) is 46.5 Å². The van der Waals surface area contributed by atoms with Gasteiger partial charge in [-0.2, -0.15) is 0 Å². The van der Waals surface area contributed by atoms with Crippen molar-refractivity contribution in [2.24, 2.45) is 5.41 Å². The number of ether oxygens (including phenoxy) is 1. The van der Waals surface area contributed by atoms with Gasteiger partial charge in [0.15, 0.2) is 0 Å². The molecule has 1 aromatic rings. The lowest BCUT2D eigenvalue weighted by atomic mass is 9.87. The molecular weight excluding hydrogens is 323 g/mol. The summed E-state index contributed by atoms with van der Waals surface area (Å²) in [4.78, 5) is 10.9. The van der Waals surface area contributed by atoms with Crippen LogP contribution in [0.5, 0.6) is 5.75 Å². The molecule has 1 N–H and O–H groups in total. The first kappa shape index (κ1) is 17.4. The lowest BCUT2D eigenvalue weighted by molar-refractivity contribution is -0.147. The largest absolute Gasteiger partial charge is 0.492 e. The van der Waals surface area contributed by atoms with Crippen LogP contribution in [0, 0.1) is 5.41 Å². The first-order chi connectivity index (χ1) is 9.24. The number of aliphatic carboxylic acids is 1. The molecule has 0 aromatic heterocycles. The smallest absolute Gasteiger partial charge is 0.309 e. The molecule has 6 heteroatoms. The maximum atomic E-state index is 10.9. The summed E-state index contributed by atoms with van der Waals surface area (Å²) < 4.78 is 5.53. The highest BCUT2D eigenvalue weighted by atomic mass is 35.5. The Morgan fingerprint density at radius 1 is 1.15 bits per heavy atom. The Kier molecular flexibility index (Phi) is 6.44. The molecule has 0 amide bonds. The fraction of sp³-hybridized carbons (Fsp3) is 0.500. The van der Waals surface area contributed by atoms with E-state index in [0.29, 0.717) is 33.8 Å². The summed E-state index contributed by atoms with van der Waals surface area (Å²) in [5.74, 6) is -0.301. The SMILES string of the molecule is CC(C)(CCCCOc1cc(Cl)c(Cl)cc1Cl)C(=O)O. The fourth-order valence-corrected chi connectivity index (χ4v) is 2.16. The lowest BCUT2D eigenvalue weighted by Gasteiger charge is -2.18. The first-order valence-corrected chi connectivity index (χ1v) is 7.38. The van der Waals surface area contributed by atoms with Crippen molar-refractivity contribution in [3.05, 3.63) is 27.2 Å². The molecule has 0 aliphatic rings. The number of rotatable bonds is 7. The van der Waals surface area contributed by atoms with E-state index >= 15 is 0 Å². The molecular formula is C14H17Cl3O3. The minimum absolute atomic E-state index is 0.382. The molecule has 1 aromatic carbocycles. The average Bonchev–Trinajstić information content (AvgIpc) is 2.34. The van der Waals surface area contributed by atoms with Gasteiger partial charge in [0.25, 0.3) is 0 Å². The van der Waals surface area contributed by atoms with Gasteiger partial charge in [0, 0.05) is 6.07 Å². The Labute approximate surface area is 133 Å². The summed E-state index contributed by atoms with van der Waals surface area (Å²) in [6.45, 7) is 3.88. The number of unbranched alkanes of at least 4 members (excludes halogenated alkanes) is 1. The number of carboxylic acids is 1. The number of benzene rings is 1. The quantitative estimate of drug-likeness (QED) is 0.541. The van der Waals surface area contributed by atoms with Gasteiger partial charge in [-0.05, 0) is 39.2 Å². The standard InChI is InChI=1S/C14H17Cl3O3/c1-14(2,13(18)19)5-3-4-6-20-12-8-10(16)9(15)7-11(12)17/h7-8H,3-6H2,1-2H3,(H,18,19). The zero-order valence-corrected chi connectivity index (χ0v) is 13.6. The van der Waals surface area contributed by atoms with Crippen LogP contribution in [-0.2, 0) is 4.79 Å². The second-order valence-corrected chi connectivity index (χ2v) is 6.41. The molecule has 3 nitrogen and oxygen atoms in total. The Hall–Kier alpha value is -0.640. The van der Waals surface area contributed by atoms with E-state index in [1.54, 1.807) is 19.9 Å². The van der Waals surface area contributed by atoms with Crippen LogP contribution in [0.25, 0.3) is 0 Å². The fourth-order valence-electron chi connectivity index (χ4n) is 1.57. The van der Waals surface area contributed by atoms with Crippen molar-refractivity contribution >= 4 is 40.8 Å². The van der Waals surface area contributed by atoms with Crippen LogP contribution in [0.3, 0.4) is 0 Å². The van der Waals surface area contributed by atoms with Crippen molar-refractivity contribution in [3.63, 3.8) is 0 Å². The Morgan fingerprint density at radius 3 is 2.35 bits per heavy atom. The van der Waals surface area contributed by atoms with E-state index in [0.717, 1.165) is 12.8 Å². The van der Waals surface area contributed by atoms with E-state index in [1.807, 2.05) is 0 Å². The third-order valence-corrected chi connectivity index (χ3v) is 4.02. The molecule has 0 aliphatic heterocycles. The van der Waals surface area contributed by atoms with Crippen LogP contribution in [0.4, 0.5) is 0 Å². The van der Waals surface area contributed by atoms with Gasteiger partial charge >= 0.3 is 5.97 Å². The molecule has 0 spiro atoms. The monoisotopic (exact) mass is 338 g/mol. The summed E-state index contributed by atoms with van der Waals surface area (Å²) in [6, 6.07) is 3.11. The molecule has 0 heterocycles. The second kappa shape index (κ2) is 7.39. The van der Waals surface area contributed by atoms with Crippen molar-refractivity contribution in [1.29, 1.82) is 0 Å². The summed E-state index contributed by atoms with van der Waals surface area (Å²) in [6.07, 6.45) is 2.10. The van der Waals surface area contributed by atoms with Gasteiger partial charge in [-0.1, -0.05) is 34.8 Å². The summed E-state index contributed by atoms with van der Waals surface area (Å²) in [5, 5.41) is 10.2. The van der Waals surface area contributed by atoms with E-state index in [-0.39, 0.29) is 0 Å². The summed E-state index contributed by atoms with van der Waals surface area (Å²) >= 11 is 17.7. The molecule has 112 valence electrons. The van der Waals surface area contributed by atoms with Gasteiger partial charge in [0.2, 0.25) is 0 Å². The van der Waals surface area contributed by atoms with Crippen LogP contribution >= 0.6 is 34.8 Å². The van der Waals surface area contributed by atoms with Crippen LogP contribution in [-0.4, -0.2) is 17.7 Å². The van der Waals surface area contributed by atoms with E-state index in [1.165, 1.54) is 6.07 Å². The van der Waals surface area contributed by atoms with Crippen LogP contribution in [0.2, 0.25) is 15.1 Å². The van der Waals surface area contributed by atoms with Crippen LogP contribution < -0.4 is 4.74 Å². The third-order valence-electron chi connectivity index (χ3n) is 3.01. The molecule has 20 heavy (non-hydrogen) atoms. The van der Waals surface area contributed by atoms with Gasteiger partial charge in [-0.15, -0.1) is 0 Å². The normalized spacial score (nSPS) is 11.4. The minimum atomic E-state index is -0.786. The average molecular weight is 340 g/mol. The van der Waals surface area contributed by atoms with Gasteiger partial charge in [0.05, 0.1) is 27.1 Å². The minimum Gasteiger partial charge on any atom is -0.492 e. The molecule has 0 saturated carbocycles. The van der Waals surface area contributed by atoms with E-state index < -0.39 is 11.4 Å². The zero-order chi connectivity index (χ0) is 15.3. The molecule has 0 fully saturated rings. The highest BCUT2D eigenvalue weighted by Gasteiger charge is 2.25. The van der Waals surface area contributed by atoms with Crippen molar-refractivity contribution in [2.45, 2.75) is 33.1 Å². The lowest BCUT2D eigenvalue weighted by Crippen LogP contribution is -2.23. The van der Waals surface area contributed by atoms with Crippen molar-refractivity contribution < 1.29 is 14.6 Å². The molecule has 0 bridgehead atoms. The molecule has 0 aliphatic carbocycles. The Morgan fingerprint density at radius 2 is 1.75 bits per heavy atom. The summed E-state index contributed by atoms with van der Waals surface area (Å²) in [5.41, 5.74) is -0.707. The maximum absolute atomic E-state index is 10.9. The predicted octanol–water partition coefficient (Wildman–Crippen LogP) is 5.31. The van der Waals surface area contributed by atoms with Crippen LogP contribution in [0.15, 0.2) is 12.1 Å². The molecule has 0 radical (unpaired) electrons. The van der Waals surface area contributed by atoms with Gasteiger partial charge < -0.3 is 9.84 Å². The number of carboxylic acid groups (broad SMARTS) is 1. The van der Waals surface area contributed by atoms with Crippen molar-refractivity contribution in [2.75, 3.05) is 6.61 Å². The number of hydrogen-bond donors (Lipinski definition) is 1. The van der Waals surface area contributed by atoms with Gasteiger partial charge in [0.1, 0.15) is 5.75 Å². The highest BCUT2D eigenvalue weighted by molar-refractivity contribution is 6.43. The maximum Gasteiger partial charge on any atom is 0.309 e. The molecule has 1 rings (SSSR count). The van der Waals surface area contributed by atoms with E-state index in [4.69, 9.17) is 44.6 Å². The predicted molar refractivity (Wildman–Crippen MR) is 82.2 cm³/mol. The molecule has 0 unspecified atom stereocenters. The van der Waals surface area contributed by atoms with E-state index in [2.05, 4.69) is 0 Å². The van der Waals surface area contributed by atoms with Crippen molar-refractivity contribution in [3.8, 4) is 5.75 Å². The van der Waals surface area contributed by atoms with Crippen LogP contribution in [0.1, 0.15) is 33.1 Å². The Balaban J connectivity index is 2.39. The third kappa shape index (κ3) is 5.04. The molecule has 0 atom stereocenters. The van der Waals surface area contributed by atoms with E-state index in [9.17, 15) is 4.79 Å². The van der Waals surface area contributed by atoms with Gasteiger partial charge in [-0.3, -0.25) is 4.79 Å². The number of carbonyl (C=O) groups is 1. The first-order valence-electron chi connectivity index (χ1n) is 6.25. The number of halogens is 3. The number of hydrogen-bond acceptors (Lipinski definition) is 2. The second-order valence-electron chi connectivity index (χ2n) is 5.19.